The molecule has 0 amide bonds. The van der Waals surface area contributed by atoms with Gasteiger partial charge in [0.1, 0.15) is 6.04 Å². The van der Waals surface area contributed by atoms with E-state index in [-0.39, 0.29) is 16.5 Å². The molecule has 0 saturated heterocycles. The smallest absolute Gasteiger partial charge is 0.320 e. The fourth-order valence-corrected chi connectivity index (χ4v) is 1.68. The summed E-state index contributed by atoms with van der Waals surface area (Å²) in [6.07, 6.45) is 0.116. The van der Waals surface area contributed by atoms with Gasteiger partial charge in [-0.2, -0.15) is 0 Å². The number of carbonyl (C=O) groups is 1. The topological polar surface area (TPSA) is 63.3 Å². The number of hydrogen-bond donors (Lipinski definition) is 2. The number of aliphatic carboxylic acids is 1. The summed E-state index contributed by atoms with van der Waals surface area (Å²) in [6, 6.07) is 2.17. The lowest BCUT2D eigenvalue weighted by molar-refractivity contribution is -0.138. The molecule has 0 bridgehead atoms. The number of carboxylic acids is 1. The molecule has 0 spiro atoms. The maximum absolute atomic E-state index is 10.5. The van der Waals surface area contributed by atoms with Gasteiger partial charge in [0.2, 0.25) is 0 Å². The Hall–Kier alpha value is -0.480. The van der Waals surface area contributed by atoms with E-state index in [1.807, 2.05) is 0 Å². The lowest BCUT2D eigenvalue weighted by atomic mass is 10.1. The highest BCUT2D eigenvalue weighted by Crippen LogP contribution is 2.33. The molecule has 0 aliphatic heterocycles. The van der Waals surface area contributed by atoms with Crippen LogP contribution in [0.3, 0.4) is 0 Å². The van der Waals surface area contributed by atoms with E-state index in [4.69, 9.17) is 45.6 Å². The predicted octanol–water partition coefficient (Wildman–Crippen LogP) is 2.60. The van der Waals surface area contributed by atoms with E-state index in [2.05, 4.69) is 0 Å². The molecule has 1 rings (SSSR count). The highest BCUT2D eigenvalue weighted by molar-refractivity contribution is 6.48. The van der Waals surface area contributed by atoms with E-state index < -0.39 is 12.0 Å². The maximum Gasteiger partial charge on any atom is 0.320 e. The summed E-state index contributed by atoms with van der Waals surface area (Å²) in [7, 11) is 0. The molecule has 0 radical (unpaired) electrons. The average Bonchev–Trinajstić information content (AvgIpc) is 2.18. The van der Waals surface area contributed by atoms with E-state index >= 15 is 0 Å². The van der Waals surface area contributed by atoms with Crippen molar-refractivity contribution in [3.63, 3.8) is 0 Å². The van der Waals surface area contributed by atoms with E-state index in [0.29, 0.717) is 10.6 Å². The van der Waals surface area contributed by atoms with Gasteiger partial charge in [-0.25, -0.2) is 0 Å². The van der Waals surface area contributed by atoms with Crippen LogP contribution in [0.1, 0.15) is 5.56 Å². The SMILES string of the molecule is NC(Cc1ccc(Cl)c(Cl)c1Cl)C(=O)O. The Morgan fingerprint density at radius 2 is 1.93 bits per heavy atom. The Morgan fingerprint density at radius 1 is 1.33 bits per heavy atom. The molecule has 1 atom stereocenters. The molecule has 3 N–H and O–H groups in total. The van der Waals surface area contributed by atoms with E-state index in [0.717, 1.165) is 0 Å². The van der Waals surface area contributed by atoms with E-state index in [9.17, 15) is 4.79 Å². The first-order chi connectivity index (χ1) is 6.93. The van der Waals surface area contributed by atoms with Crippen LogP contribution in [0.2, 0.25) is 15.1 Å². The van der Waals surface area contributed by atoms with Crippen LogP contribution in [0.15, 0.2) is 12.1 Å². The predicted molar refractivity (Wildman–Crippen MR) is 60.8 cm³/mol. The summed E-state index contributed by atoms with van der Waals surface area (Å²) >= 11 is 17.4. The lowest BCUT2D eigenvalue weighted by Crippen LogP contribution is -2.32. The molecule has 0 aliphatic rings. The van der Waals surface area contributed by atoms with Crippen LogP contribution in [0.25, 0.3) is 0 Å². The van der Waals surface area contributed by atoms with Gasteiger partial charge in [-0.1, -0.05) is 40.9 Å². The number of benzene rings is 1. The van der Waals surface area contributed by atoms with Crippen molar-refractivity contribution in [3.8, 4) is 0 Å². The van der Waals surface area contributed by atoms with Crippen LogP contribution in [-0.2, 0) is 11.2 Å². The number of rotatable bonds is 3. The Morgan fingerprint density at radius 3 is 2.47 bits per heavy atom. The van der Waals surface area contributed by atoms with Crippen LogP contribution in [0, 0.1) is 0 Å². The fraction of sp³-hybridized carbons (Fsp3) is 0.222. The second kappa shape index (κ2) is 5.03. The normalized spacial score (nSPS) is 12.5. The van der Waals surface area contributed by atoms with E-state index in [1.54, 1.807) is 12.1 Å². The second-order valence-electron chi connectivity index (χ2n) is 2.98. The summed E-state index contributed by atoms with van der Waals surface area (Å²) in [4.78, 5) is 10.5. The van der Waals surface area contributed by atoms with Gasteiger partial charge in [0.15, 0.2) is 0 Å². The molecular formula is C9H8Cl3NO2. The second-order valence-corrected chi connectivity index (χ2v) is 4.15. The molecule has 15 heavy (non-hydrogen) atoms. The third kappa shape index (κ3) is 2.98. The van der Waals surface area contributed by atoms with Gasteiger partial charge in [0.05, 0.1) is 15.1 Å². The molecule has 3 nitrogen and oxygen atoms in total. The van der Waals surface area contributed by atoms with Crippen LogP contribution < -0.4 is 5.73 Å². The first-order valence-corrected chi connectivity index (χ1v) is 5.17. The first-order valence-electron chi connectivity index (χ1n) is 4.04. The van der Waals surface area contributed by atoms with Crippen LogP contribution in [0.4, 0.5) is 0 Å². The van der Waals surface area contributed by atoms with Crippen LogP contribution in [-0.4, -0.2) is 17.1 Å². The van der Waals surface area contributed by atoms with Gasteiger partial charge in [0, 0.05) is 0 Å². The van der Waals surface area contributed by atoms with Crippen molar-refractivity contribution in [1.82, 2.24) is 0 Å². The average molecular weight is 269 g/mol. The number of hydrogen-bond acceptors (Lipinski definition) is 2. The van der Waals surface area contributed by atoms with Gasteiger partial charge < -0.3 is 10.8 Å². The van der Waals surface area contributed by atoms with Crippen LogP contribution >= 0.6 is 34.8 Å². The van der Waals surface area contributed by atoms with Crippen molar-refractivity contribution in [2.45, 2.75) is 12.5 Å². The number of halogens is 3. The van der Waals surface area contributed by atoms with Crippen molar-refractivity contribution in [2.75, 3.05) is 0 Å². The van der Waals surface area contributed by atoms with Gasteiger partial charge >= 0.3 is 5.97 Å². The van der Waals surface area contributed by atoms with Crippen LogP contribution in [0.5, 0.6) is 0 Å². The molecule has 1 unspecified atom stereocenters. The Kier molecular flexibility index (Phi) is 4.22. The zero-order valence-corrected chi connectivity index (χ0v) is 9.77. The standard InChI is InChI=1S/C9H8Cl3NO2/c10-5-2-1-4(7(11)8(5)12)3-6(13)9(14)15/h1-2,6H,3,13H2,(H,14,15). The Balaban J connectivity index is 2.97. The largest absolute Gasteiger partial charge is 0.480 e. The monoisotopic (exact) mass is 267 g/mol. The number of carboxylic acid groups (broad SMARTS) is 1. The maximum atomic E-state index is 10.5. The van der Waals surface area contributed by atoms with Crippen molar-refractivity contribution in [1.29, 1.82) is 0 Å². The zero-order valence-electron chi connectivity index (χ0n) is 7.51. The summed E-state index contributed by atoms with van der Waals surface area (Å²) in [5, 5.41) is 9.43. The Bertz CT molecular complexity index is 395. The molecule has 0 saturated carbocycles. The lowest BCUT2D eigenvalue weighted by Gasteiger charge is -2.09. The fourth-order valence-electron chi connectivity index (χ4n) is 1.05. The molecule has 6 heteroatoms. The van der Waals surface area contributed by atoms with Crippen molar-refractivity contribution in [2.24, 2.45) is 5.73 Å². The zero-order chi connectivity index (χ0) is 11.6. The van der Waals surface area contributed by atoms with Gasteiger partial charge in [0.25, 0.3) is 0 Å². The summed E-state index contributed by atoms with van der Waals surface area (Å²) in [5.74, 6) is -1.09. The number of nitrogens with two attached hydrogens (primary N) is 1. The van der Waals surface area contributed by atoms with Gasteiger partial charge in [-0.3, -0.25) is 4.79 Å². The molecule has 0 fully saturated rings. The minimum absolute atomic E-state index is 0.116. The first kappa shape index (κ1) is 12.6. The molecule has 0 aromatic heterocycles. The molecule has 82 valence electrons. The summed E-state index contributed by atoms with van der Waals surface area (Å²) in [5.41, 5.74) is 5.94. The quantitative estimate of drug-likeness (QED) is 0.828. The minimum atomic E-state index is -1.09. The molecular weight excluding hydrogens is 260 g/mol. The molecule has 1 aromatic carbocycles. The van der Waals surface area contributed by atoms with Crippen molar-refractivity contribution >= 4 is 40.8 Å². The van der Waals surface area contributed by atoms with Crippen molar-refractivity contribution < 1.29 is 9.90 Å². The summed E-state index contributed by atoms with van der Waals surface area (Å²) in [6.45, 7) is 0. The molecule has 0 heterocycles. The Labute approximate surface area is 102 Å². The van der Waals surface area contributed by atoms with Gasteiger partial charge in [-0.05, 0) is 18.1 Å². The third-order valence-electron chi connectivity index (χ3n) is 1.87. The third-order valence-corrected chi connectivity index (χ3v) is 3.20. The van der Waals surface area contributed by atoms with E-state index in [1.165, 1.54) is 0 Å². The minimum Gasteiger partial charge on any atom is -0.480 e. The molecule has 0 aliphatic carbocycles. The molecule has 1 aromatic rings. The summed E-state index contributed by atoms with van der Waals surface area (Å²) < 4.78 is 0. The van der Waals surface area contributed by atoms with Gasteiger partial charge in [-0.15, -0.1) is 0 Å². The highest BCUT2D eigenvalue weighted by atomic mass is 35.5. The highest BCUT2D eigenvalue weighted by Gasteiger charge is 2.16. The van der Waals surface area contributed by atoms with Crippen molar-refractivity contribution in [3.05, 3.63) is 32.8 Å².